The number of Topliss-reactive ketones (excluding diaryl/α,β-unsaturated/α-hetero) is 1. The highest BCUT2D eigenvalue weighted by molar-refractivity contribution is 5.95. The first-order valence-electron chi connectivity index (χ1n) is 4.31. The monoisotopic (exact) mass is 204 g/mol. The molecule has 0 atom stereocenters. The van der Waals surface area contributed by atoms with Gasteiger partial charge in [-0.3, -0.25) is 9.20 Å². The molecule has 0 fully saturated rings. The van der Waals surface area contributed by atoms with Crippen molar-refractivity contribution in [2.75, 3.05) is 0 Å². The standard InChI is InChI=1S/C10H8N2O3/c1-6(13)7-2-3-12-8(10(14)15)5-11-9(12)4-7/h2-5H,1H3,(H,14,15). The molecule has 0 spiro atoms. The van der Waals surface area contributed by atoms with Gasteiger partial charge in [-0.25, -0.2) is 9.78 Å². The van der Waals surface area contributed by atoms with Gasteiger partial charge in [-0.15, -0.1) is 0 Å². The van der Waals surface area contributed by atoms with Crippen molar-refractivity contribution in [3.05, 3.63) is 35.8 Å². The number of pyridine rings is 1. The van der Waals surface area contributed by atoms with Crippen LogP contribution in [0.15, 0.2) is 24.5 Å². The van der Waals surface area contributed by atoms with Gasteiger partial charge in [0.1, 0.15) is 5.65 Å². The van der Waals surface area contributed by atoms with Gasteiger partial charge in [0.05, 0.1) is 6.20 Å². The molecule has 2 rings (SSSR count). The Hall–Kier alpha value is -2.17. The molecule has 0 aliphatic rings. The number of hydrogen-bond donors (Lipinski definition) is 1. The molecule has 0 aliphatic heterocycles. The van der Waals surface area contributed by atoms with E-state index < -0.39 is 5.97 Å². The van der Waals surface area contributed by atoms with Crippen LogP contribution in [0.3, 0.4) is 0 Å². The van der Waals surface area contributed by atoms with Crippen LogP contribution in [0.25, 0.3) is 5.65 Å². The second-order valence-corrected chi connectivity index (χ2v) is 3.15. The summed E-state index contributed by atoms with van der Waals surface area (Å²) in [4.78, 5) is 25.8. The van der Waals surface area contributed by atoms with Crippen molar-refractivity contribution in [2.45, 2.75) is 6.92 Å². The molecule has 2 heterocycles. The van der Waals surface area contributed by atoms with Gasteiger partial charge in [0.2, 0.25) is 0 Å². The van der Waals surface area contributed by atoms with Crippen LogP contribution in [0, 0.1) is 0 Å². The fourth-order valence-electron chi connectivity index (χ4n) is 1.36. The lowest BCUT2D eigenvalue weighted by Gasteiger charge is -1.98. The number of ketones is 1. The maximum atomic E-state index is 11.1. The molecule has 2 aromatic rings. The fourth-order valence-corrected chi connectivity index (χ4v) is 1.36. The number of rotatable bonds is 2. The highest BCUT2D eigenvalue weighted by Gasteiger charge is 2.10. The second-order valence-electron chi connectivity index (χ2n) is 3.15. The molecule has 0 amide bonds. The third-order valence-corrected chi connectivity index (χ3v) is 2.14. The van der Waals surface area contributed by atoms with Gasteiger partial charge >= 0.3 is 5.97 Å². The zero-order valence-electron chi connectivity index (χ0n) is 7.97. The number of carbonyl (C=O) groups excluding carboxylic acids is 1. The smallest absolute Gasteiger partial charge is 0.354 e. The van der Waals surface area contributed by atoms with Gasteiger partial charge in [0, 0.05) is 11.8 Å². The molecule has 76 valence electrons. The summed E-state index contributed by atoms with van der Waals surface area (Å²) in [5.41, 5.74) is 1.06. The molecule has 15 heavy (non-hydrogen) atoms. The Morgan fingerprint density at radius 3 is 2.80 bits per heavy atom. The molecular weight excluding hydrogens is 196 g/mol. The zero-order valence-corrected chi connectivity index (χ0v) is 7.97. The first kappa shape index (κ1) is 9.39. The second kappa shape index (κ2) is 3.20. The summed E-state index contributed by atoms with van der Waals surface area (Å²) in [5, 5.41) is 8.82. The first-order valence-corrected chi connectivity index (χ1v) is 4.31. The van der Waals surface area contributed by atoms with Crippen molar-refractivity contribution < 1.29 is 14.7 Å². The Balaban J connectivity index is 2.66. The van der Waals surface area contributed by atoms with Gasteiger partial charge < -0.3 is 5.11 Å². The molecular formula is C10H8N2O3. The maximum Gasteiger partial charge on any atom is 0.354 e. The van der Waals surface area contributed by atoms with Crippen LogP contribution in [-0.2, 0) is 0 Å². The SMILES string of the molecule is CC(=O)c1ccn2c(C(=O)O)cnc2c1. The van der Waals surface area contributed by atoms with E-state index in [0.717, 1.165) is 0 Å². The lowest BCUT2D eigenvalue weighted by atomic mass is 10.2. The van der Waals surface area contributed by atoms with E-state index in [2.05, 4.69) is 4.98 Å². The summed E-state index contributed by atoms with van der Waals surface area (Å²) in [6, 6.07) is 3.14. The van der Waals surface area contributed by atoms with E-state index in [1.54, 1.807) is 12.1 Å². The number of aromatic carboxylic acids is 1. The summed E-state index contributed by atoms with van der Waals surface area (Å²) in [7, 11) is 0. The molecule has 0 saturated carbocycles. The van der Waals surface area contributed by atoms with E-state index in [0.29, 0.717) is 11.2 Å². The minimum atomic E-state index is -1.04. The minimum Gasteiger partial charge on any atom is -0.477 e. The fraction of sp³-hybridized carbons (Fsp3) is 0.100. The number of imidazole rings is 1. The minimum absolute atomic E-state index is 0.0719. The van der Waals surface area contributed by atoms with Crippen LogP contribution in [0.5, 0.6) is 0 Å². The van der Waals surface area contributed by atoms with Crippen LogP contribution in [-0.4, -0.2) is 26.2 Å². The molecule has 5 heteroatoms. The van der Waals surface area contributed by atoms with Crippen LogP contribution in [0.1, 0.15) is 27.8 Å². The lowest BCUT2D eigenvalue weighted by Crippen LogP contribution is -2.02. The van der Waals surface area contributed by atoms with Crippen molar-refractivity contribution in [3.63, 3.8) is 0 Å². The summed E-state index contributed by atoms with van der Waals surface area (Å²) in [5.74, 6) is -1.12. The molecule has 1 N–H and O–H groups in total. The molecule has 2 aromatic heterocycles. The number of carboxylic acid groups (broad SMARTS) is 1. The topological polar surface area (TPSA) is 71.7 Å². The number of aromatic nitrogens is 2. The molecule has 0 bridgehead atoms. The van der Waals surface area contributed by atoms with Crippen LogP contribution in [0.4, 0.5) is 0 Å². The third kappa shape index (κ3) is 1.48. The maximum absolute atomic E-state index is 11.1. The predicted octanol–water partition coefficient (Wildman–Crippen LogP) is 1.24. The number of carbonyl (C=O) groups is 2. The van der Waals surface area contributed by atoms with Gasteiger partial charge in [-0.1, -0.05) is 0 Å². The van der Waals surface area contributed by atoms with E-state index >= 15 is 0 Å². The highest BCUT2D eigenvalue weighted by atomic mass is 16.4. The Labute approximate surface area is 85.0 Å². The lowest BCUT2D eigenvalue weighted by molar-refractivity contribution is 0.0689. The summed E-state index contributed by atoms with van der Waals surface area (Å²) < 4.78 is 1.43. The third-order valence-electron chi connectivity index (χ3n) is 2.14. The Morgan fingerprint density at radius 1 is 1.47 bits per heavy atom. The largest absolute Gasteiger partial charge is 0.477 e. The number of hydrogen-bond acceptors (Lipinski definition) is 3. The average Bonchev–Trinajstić information content (AvgIpc) is 2.59. The average molecular weight is 204 g/mol. The van der Waals surface area contributed by atoms with Crippen LogP contribution in [0.2, 0.25) is 0 Å². The van der Waals surface area contributed by atoms with Crippen molar-refractivity contribution >= 4 is 17.4 Å². The van der Waals surface area contributed by atoms with E-state index in [1.807, 2.05) is 0 Å². The summed E-state index contributed by atoms with van der Waals surface area (Å²) >= 11 is 0. The highest BCUT2D eigenvalue weighted by Crippen LogP contribution is 2.09. The van der Waals surface area contributed by atoms with Gasteiger partial charge in [0.25, 0.3) is 0 Å². The Bertz CT molecular complexity index is 557. The van der Waals surface area contributed by atoms with Crippen molar-refractivity contribution in [1.82, 2.24) is 9.38 Å². The Morgan fingerprint density at radius 2 is 2.20 bits per heavy atom. The molecule has 0 unspecified atom stereocenters. The summed E-state index contributed by atoms with van der Waals surface area (Å²) in [6.07, 6.45) is 2.80. The quantitative estimate of drug-likeness (QED) is 0.747. The van der Waals surface area contributed by atoms with Crippen molar-refractivity contribution in [2.24, 2.45) is 0 Å². The molecule has 5 nitrogen and oxygen atoms in total. The van der Waals surface area contributed by atoms with Gasteiger partial charge in [-0.2, -0.15) is 0 Å². The van der Waals surface area contributed by atoms with Crippen LogP contribution >= 0.6 is 0 Å². The molecule has 0 aliphatic carbocycles. The number of nitrogens with zero attached hydrogens (tertiary/aromatic N) is 2. The first-order chi connectivity index (χ1) is 7.09. The van der Waals surface area contributed by atoms with E-state index in [9.17, 15) is 9.59 Å². The van der Waals surface area contributed by atoms with Crippen LogP contribution < -0.4 is 0 Å². The van der Waals surface area contributed by atoms with Gasteiger partial charge in [-0.05, 0) is 19.1 Å². The number of carboxylic acids is 1. The molecule has 0 aromatic carbocycles. The molecule has 0 saturated heterocycles. The van der Waals surface area contributed by atoms with E-state index in [1.165, 1.54) is 23.7 Å². The number of fused-ring (bicyclic) bond motifs is 1. The summed E-state index contributed by atoms with van der Waals surface area (Å²) in [6.45, 7) is 1.45. The molecule has 0 radical (unpaired) electrons. The zero-order chi connectivity index (χ0) is 11.0. The van der Waals surface area contributed by atoms with Crippen molar-refractivity contribution in [3.8, 4) is 0 Å². The van der Waals surface area contributed by atoms with Gasteiger partial charge in [0.15, 0.2) is 11.5 Å². The van der Waals surface area contributed by atoms with Crippen molar-refractivity contribution in [1.29, 1.82) is 0 Å². The van der Waals surface area contributed by atoms with E-state index in [-0.39, 0.29) is 11.5 Å². The predicted molar refractivity (Wildman–Crippen MR) is 52.2 cm³/mol. The van der Waals surface area contributed by atoms with E-state index in [4.69, 9.17) is 5.11 Å². The normalized spacial score (nSPS) is 10.5. The Kier molecular flexibility index (Phi) is 2.00.